The molecule has 0 amide bonds. The first kappa shape index (κ1) is 18.2. The maximum absolute atomic E-state index is 13.1. The SMILES string of the molecule is O=C(COc1ccccc1C(F)(F)F)Oc1cc(F)ccc1[N+](=O)[O-]. The molecule has 0 unspecified atom stereocenters. The Morgan fingerprint density at radius 2 is 1.80 bits per heavy atom. The molecule has 10 heteroatoms. The van der Waals surface area contributed by atoms with Gasteiger partial charge >= 0.3 is 17.8 Å². The molecule has 0 aliphatic rings. The fourth-order valence-electron chi connectivity index (χ4n) is 1.84. The number of nitrogens with zero attached hydrogens (tertiary/aromatic N) is 1. The molecule has 0 atom stereocenters. The van der Waals surface area contributed by atoms with Gasteiger partial charge in [0.15, 0.2) is 6.61 Å². The fourth-order valence-corrected chi connectivity index (χ4v) is 1.84. The van der Waals surface area contributed by atoms with Crippen molar-refractivity contribution in [3.05, 3.63) is 64.0 Å². The summed E-state index contributed by atoms with van der Waals surface area (Å²) in [4.78, 5) is 21.5. The number of carbonyl (C=O) groups excluding carboxylic acids is 1. The van der Waals surface area contributed by atoms with Crippen LogP contribution in [0.25, 0.3) is 0 Å². The Morgan fingerprint density at radius 3 is 2.44 bits per heavy atom. The number of halogens is 4. The first-order valence-corrected chi connectivity index (χ1v) is 6.62. The molecule has 0 spiro atoms. The molecule has 0 aliphatic heterocycles. The molecule has 132 valence electrons. The number of hydrogen-bond donors (Lipinski definition) is 0. The van der Waals surface area contributed by atoms with Crippen molar-refractivity contribution in [2.24, 2.45) is 0 Å². The fraction of sp³-hybridized carbons (Fsp3) is 0.133. The average molecular weight is 359 g/mol. The van der Waals surface area contributed by atoms with E-state index in [1.54, 1.807) is 0 Å². The molecule has 0 fully saturated rings. The number of nitro benzene ring substituents is 1. The summed E-state index contributed by atoms with van der Waals surface area (Å²) < 4.78 is 60.9. The number of rotatable bonds is 5. The van der Waals surface area contributed by atoms with Gasteiger partial charge in [-0.1, -0.05) is 12.1 Å². The summed E-state index contributed by atoms with van der Waals surface area (Å²) in [5, 5.41) is 10.8. The number of esters is 1. The van der Waals surface area contributed by atoms with Gasteiger partial charge in [0.05, 0.1) is 10.5 Å². The Labute approximate surface area is 137 Å². The largest absolute Gasteiger partial charge is 0.481 e. The maximum Gasteiger partial charge on any atom is 0.419 e. The van der Waals surface area contributed by atoms with E-state index in [4.69, 9.17) is 4.74 Å². The lowest BCUT2D eigenvalue weighted by molar-refractivity contribution is -0.385. The Kier molecular flexibility index (Phi) is 5.20. The Morgan fingerprint density at radius 1 is 1.12 bits per heavy atom. The van der Waals surface area contributed by atoms with Gasteiger partial charge in [0.2, 0.25) is 5.75 Å². The number of ether oxygens (including phenoxy) is 2. The van der Waals surface area contributed by atoms with Crippen LogP contribution in [0.5, 0.6) is 11.5 Å². The smallest absolute Gasteiger partial charge is 0.419 e. The van der Waals surface area contributed by atoms with Crippen molar-refractivity contribution in [3.63, 3.8) is 0 Å². The standard InChI is InChI=1S/C15H9F4NO5/c16-9-5-6-11(20(22)23)13(7-9)25-14(21)8-24-12-4-2-1-3-10(12)15(17,18)19/h1-7H,8H2. The lowest BCUT2D eigenvalue weighted by Crippen LogP contribution is -2.19. The molecule has 6 nitrogen and oxygen atoms in total. The van der Waals surface area contributed by atoms with Crippen LogP contribution in [0.1, 0.15) is 5.56 Å². The van der Waals surface area contributed by atoms with Crippen molar-refractivity contribution in [1.82, 2.24) is 0 Å². The van der Waals surface area contributed by atoms with Crippen LogP contribution >= 0.6 is 0 Å². The van der Waals surface area contributed by atoms with Crippen LogP contribution in [0.15, 0.2) is 42.5 Å². The predicted octanol–water partition coefficient (Wildman–Crippen LogP) is 3.74. The van der Waals surface area contributed by atoms with E-state index in [0.717, 1.165) is 30.3 Å². The lowest BCUT2D eigenvalue weighted by atomic mass is 10.2. The van der Waals surface area contributed by atoms with Crippen molar-refractivity contribution < 1.29 is 36.8 Å². The predicted molar refractivity (Wildman–Crippen MR) is 75.6 cm³/mol. The summed E-state index contributed by atoms with van der Waals surface area (Å²) in [5.74, 6) is -3.41. The zero-order valence-electron chi connectivity index (χ0n) is 12.2. The number of nitro groups is 1. The highest BCUT2D eigenvalue weighted by Crippen LogP contribution is 2.36. The minimum absolute atomic E-state index is 0.610. The molecular formula is C15H9F4NO5. The summed E-state index contributed by atoms with van der Waals surface area (Å²) in [5.41, 5.74) is -1.77. The van der Waals surface area contributed by atoms with Crippen LogP contribution < -0.4 is 9.47 Å². The molecule has 0 bridgehead atoms. The highest BCUT2D eigenvalue weighted by molar-refractivity contribution is 5.75. The first-order chi connectivity index (χ1) is 11.7. The molecule has 0 radical (unpaired) electrons. The number of hydrogen-bond acceptors (Lipinski definition) is 5. The van der Waals surface area contributed by atoms with Crippen LogP contribution in [0.4, 0.5) is 23.2 Å². The first-order valence-electron chi connectivity index (χ1n) is 6.62. The molecule has 0 saturated carbocycles. The molecular weight excluding hydrogens is 350 g/mol. The van der Waals surface area contributed by atoms with Crippen molar-refractivity contribution in [2.75, 3.05) is 6.61 Å². The van der Waals surface area contributed by atoms with Crippen LogP contribution in [0.3, 0.4) is 0 Å². The van der Waals surface area contributed by atoms with Gasteiger partial charge in [-0.3, -0.25) is 10.1 Å². The summed E-state index contributed by atoms with van der Waals surface area (Å²) in [7, 11) is 0. The van der Waals surface area contributed by atoms with Crippen molar-refractivity contribution in [2.45, 2.75) is 6.18 Å². The summed E-state index contributed by atoms with van der Waals surface area (Å²) in [6.45, 7) is -0.958. The van der Waals surface area contributed by atoms with Crippen LogP contribution in [-0.4, -0.2) is 17.5 Å². The normalized spacial score (nSPS) is 11.0. The zero-order chi connectivity index (χ0) is 18.6. The Hall–Kier alpha value is -3.17. The van der Waals surface area contributed by atoms with Crippen LogP contribution in [0, 0.1) is 15.9 Å². The summed E-state index contributed by atoms with van der Waals surface area (Å²) in [6, 6.07) is 6.37. The topological polar surface area (TPSA) is 78.7 Å². The molecule has 2 rings (SSSR count). The zero-order valence-corrected chi connectivity index (χ0v) is 12.2. The molecule has 2 aromatic carbocycles. The lowest BCUT2D eigenvalue weighted by Gasteiger charge is -2.13. The van der Waals surface area contributed by atoms with E-state index in [1.165, 1.54) is 6.07 Å². The second-order valence-electron chi connectivity index (χ2n) is 4.63. The molecule has 2 aromatic rings. The average Bonchev–Trinajstić information content (AvgIpc) is 2.52. The van der Waals surface area contributed by atoms with Crippen molar-refractivity contribution in [1.29, 1.82) is 0 Å². The van der Waals surface area contributed by atoms with E-state index in [0.29, 0.717) is 6.07 Å². The van der Waals surface area contributed by atoms with Gasteiger partial charge in [-0.05, 0) is 18.2 Å². The highest BCUT2D eigenvalue weighted by Gasteiger charge is 2.34. The molecule has 0 saturated heterocycles. The van der Waals surface area contributed by atoms with Crippen LogP contribution in [-0.2, 0) is 11.0 Å². The second kappa shape index (κ2) is 7.16. The number of alkyl halides is 3. The third kappa shape index (κ3) is 4.66. The molecule has 0 heterocycles. The summed E-state index contributed by atoms with van der Waals surface area (Å²) >= 11 is 0. The van der Waals surface area contributed by atoms with Gasteiger partial charge in [0.25, 0.3) is 0 Å². The molecule has 0 N–H and O–H groups in total. The minimum Gasteiger partial charge on any atom is -0.481 e. The van der Waals surface area contributed by atoms with E-state index in [-0.39, 0.29) is 0 Å². The molecule has 0 aliphatic carbocycles. The quantitative estimate of drug-likeness (QED) is 0.267. The van der Waals surface area contributed by atoms with Crippen molar-refractivity contribution >= 4 is 11.7 Å². The van der Waals surface area contributed by atoms with Gasteiger partial charge in [0.1, 0.15) is 11.6 Å². The summed E-state index contributed by atoms with van der Waals surface area (Å²) in [6.07, 6.45) is -4.69. The van der Waals surface area contributed by atoms with E-state index in [2.05, 4.69) is 4.74 Å². The van der Waals surface area contributed by atoms with E-state index >= 15 is 0 Å². The highest BCUT2D eigenvalue weighted by atomic mass is 19.4. The van der Waals surface area contributed by atoms with E-state index in [9.17, 15) is 32.5 Å². The third-order valence-corrected chi connectivity index (χ3v) is 2.88. The minimum atomic E-state index is -4.69. The van der Waals surface area contributed by atoms with Gasteiger partial charge in [0, 0.05) is 12.1 Å². The number of para-hydroxylation sites is 1. The monoisotopic (exact) mass is 359 g/mol. The van der Waals surface area contributed by atoms with Gasteiger partial charge in [-0.25, -0.2) is 9.18 Å². The second-order valence-corrected chi connectivity index (χ2v) is 4.63. The van der Waals surface area contributed by atoms with Gasteiger partial charge < -0.3 is 9.47 Å². The van der Waals surface area contributed by atoms with Gasteiger partial charge in [-0.2, -0.15) is 13.2 Å². The van der Waals surface area contributed by atoms with Gasteiger partial charge in [-0.15, -0.1) is 0 Å². The Balaban J connectivity index is 2.11. The number of benzene rings is 2. The molecule has 0 aromatic heterocycles. The van der Waals surface area contributed by atoms with E-state index in [1.807, 2.05) is 0 Å². The molecule has 25 heavy (non-hydrogen) atoms. The number of carbonyl (C=O) groups is 1. The maximum atomic E-state index is 13.1. The third-order valence-electron chi connectivity index (χ3n) is 2.88. The Bertz CT molecular complexity index is 807. The van der Waals surface area contributed by atoms with Crippen molar-refractivity contribution in [3.8, 4) is 11.5 Å². The van der Waals surface area contributed by atoms with E-state index < -0.39 is 52.2 Å². The van der Waals surface area contributed by atoms with Crippen LogP contribution in [0.2, 0.25) is 0 Å².